The van der Waals surface area contributed by atoms with E-state index in [0.717, 1.165) is 42.1 Å². The summed E-state index contributed by atoms with van der Waals surface area (Å²) in [5.74, 6) is 0.0273. The molecule has 0 radical (unpaired) electrons. The Labute approximate surface area is 179 Å². The maximum absolute atomic E-state index is 13.2. The van der Waals surface area contributed by atoms with Crippen molar-refractivity contribution in [2.24, 2.45) is 0 Å². The van der Waals surface area contributed by atoms with Gasteiger partial charge >= 0.3 is 0 Å². The molecule has 0 saturated carbocycles. The summed E-state index contributed by atoms with van der Waals surface area (Å²) in [6.07, 6.45) is 0. The molecule has 1 aromatic heterocycles. The van der Waals surface area contributed by atoms with Gasteiger partial charge < -0.3 is 5.32 Å². The maximum atomic E-state index is 13.2. The minimum atomic E-state index is -0.291. The van der Waals surface area contributed by atoms with Gasteiger partial charge in [0.15, 0.2) is 0 Å². The lowest BCUT2D eigenvalue weighted by molar-refractivity contribution is -0.126. The zero-order valence-electron chi connectivity index (χ0n) is 18.4. The number of aryl methyl sites for hydroxylation is 1. The standard InChI is InChI=1S/C25H32N4O/c1-5-28(6-2)24(22-15-11-8-12-16-22)25(30)26-17-23-19(3)27-29(20(23)4)18-21-13-9-7-10-14-21/h7-16,24H,5-6,17-18H2,1-4H3,(H,26,30). The molecule has 2 aromatic carbocycles. The van der Waals surface area contributed by atoms with Gasteiger partial charge in [-0.3, -0.25) is 14.4 Å². The summed E-state index contributed by atoms with van der Waals surface area (Å²) in [6.45, 7) is 11.1. The molecule has 158 valence electrons. The average Bonchev–Trinajstić information content (AvgIpc) is 3.03. The SMILES string of the molecule is CCN(CC)C(C(=O)NCc1c(C)nn(Cc2ccccc2)c1C)c1ccccc1. The van der Waals surface area contributed by atoms with Gasteiger partial charge in [-0.05, 0) is 38.1 Å². The first kappa shape index (κ1) is 21.8. The Morgan fingerprint density at radius 3 is 2.20 bits per heavy atom. The topological polar surface area (TPSA) is 50.2 Å². The molecule has 1 amide bonds. The van der Waals surface area contributed by atoms with Crippen LogP contribution >= 0.6 is 0 Å². The molecule has 1 N–H and O–H groups in total. The van der Waals surface area contributed by atoms with Crippen LogP contribution in [-0.4, -0.2) is 33.7 Å². The van der Waals surface area contributed by atoms with E-state index in [-0.39, 0.29) is 11.9 Å². The van der Waals surface area contributed by atoms with Crippen molar-refractivity contribution < 1.29 is 4.79 Å². The summed E-state index contributed by atoms with van der Waals surface area (Å²) in [5, 5.41) is 7.88. The fraction of sp³-hybridized carbons (Fsp3) is 0.360. The number of nitrogens with one attached hydrogen (secondary N) is 1. The van der Waals surface area contributed by atoms with Gasteiger partial charge in [0.1, 0.15) is 6.04 Å². The highest BCUT2D eigenvalue weighted by Crippen LogP contribution is 2.21. The summed E-state index contributed by atoms with van der Waals surface area (Å²) < 4.78 is 2.02. The fourth-order valence-corrected chi connectivity index (χ4v) is 3.92. The summed E-state index contributed by atoms with van der Waals surface area (Å²) in [7, 11) is 0. The van der Waals surface area contributed by atoms with Crippen LogP contribution in [0.3, 0.4) is 0 Å². The van der Waals surface area contributed by atoms with Crippen molar-refractivity contribution in [2.75, 3.05) is 13.1 Å². The monoisotopic (exact) mass is 404 g/mol. The van der Waals surface area contributed by atoms with Gasteiger partial charge in [-0.15, -0.1) is 0 Å². The number of hydrogen-bond donors (Lipinski definition) is 1. The number of carbonyl (C=O) groups is 1. The Kier molecular flexibility index (Phi) is 7.41. The van der Waals surface area contributed by atoms with Crippen LogP contribution in [0.2, 0.25) is 0 Å². The van der Waals surface area contributed by atoms with Gasteiger partial charge in [0.25, 0.3) is 0 Å². The number of aromatic nitrogens is 2. The third-order valence-corrected chi connectivity index (χ3v) is 5.69. The average molecular weight is 405 g/mol. The minimum absolute atomic E-state index is 0.0273. The number of carbonyl (C=O) groups excluding carboxylic acids is 1. The quantitative estimate of drug-likeness (QED) is 0.580. The van der Waals surface area contributed by atoms with Gasteiger partial charge in [-0.1, -0.05) is 74.5 Å². The lowest BCUT2D eigenvalue weighted by Gasteiger charge is -2.29. The molecular weight excluding hydrogens is 372 g/mol. The van der Waals surface area contributed by atoms with Crippen LogP contribution < -0.4 is 5.32 Å². The first-order valence-corrected chi connectivity index (χ1v) is 10.7. The fourth-order valence-electron chi connectivity index (χ4n) is 3.92. The first-order valence-electron chi connectivity index (χ1n) is 10.7. The van der Waals surface area contributed by atoms with Crippen molar-refractivity contribution in [3.8, 4) is 0 Å². The summed E-state index contributed by atoms with van der Waals surface area (Å²) in [6, 6.07) is 20.0. The second-order valence-corrected chi connectivity index (χ2v) is 7.54. The molecule has 1 unspecified atom stereocenters. The molecule has 30 heavy (non-hydrogen) atoms. The van der Waals surface area contributed by atoms with Crippen LogP contribution in [-0.2, 0) is 17.9 Å². The van der Waals surface area contributed by atoms with Crippen LogP contribution in [0.1, 0.15) is 48.0 Å². The highest BCUT2D eigenvalue weighted by molar-refractivity contribution is 5.83. The molecule has 5 heteroatoms. The normalized spacial score (nSPS) is 12.2. The van der Waals surface area contributed by atoms with Crippen molar-refractivity contribution in [3.63, 3.8) is 0 Å². The molecule has 0 aliphatic heterocycles. The Morgan fingerprint density at radius 1 is 1.00 bits per heavy atom. The largest absolute Gasteiger partial charge is 0.350 e. The number of amides is 1. The van der Waals surface area contributed by atoms with E-state index in [1.165, 1.54) is 5.56 Å². The van der Waals surface area contributed by atoms with Crippen LogP contribution in [0.5, 0.6) is 0 Å². The molecule has 3 aromatic rings. The van der Waals surface area contributed by atoms with Crippen molar-refractivity contribution >= 4 is 5.91 Å². The van der Waals surface area contributed by atoms with E-state index in [2.05, 4.69) is 43.1 Å². The molecule has 0 fully saturated rings. The van der Waals surface area contributed by atoms with Gasteiger partial charge in [0, 0.05) is 17.8 Å². The van der Waals surface area contributed by atoms with E-state index in [0.29, 0.717) is 6.54 Å². The highest BCUT2D eigenvalue weighted by Gasteiger charge is 2.26. The Bertz CT molecular complexity index is 946. The predicted octanol–water partition coefficient (Wildman–Crippen LogP) is 4.25. The molecule has 0 bridgehead atoms. The van der Waals surface area contributed by atoms with Gasteiger partial charge in [-0.25, -0.2) is 0 Å². The Balaban J connectivity index is 1.75. The molecule has 0 saturated heterocycles. The summed E-state index contributed by atoms with van der Waals surface area (Å²) >= 11 is 0. The van der Waals surface area contributed by atoms with Crippen LogP contribution in [0, 0.1) is 13.8 Å². The van der Waals surface area contributed by atoms with E-state index in [1.807, 2.05) is 60.1 Å². The second kappa shape index (κ2) is 10.2. The maximum Gasteiger partial charge on any atom is 0.242 e. The van der Waals surface area contributed by atoms with Crippen LogP contribution in [0.4, 0.5) is 0 Å². The minimum Gasteiger partial charge on any atom is -0.350 e. The van der Waals surface area contributed by atoms with Crippen molar-refractivity contribution in [1.82, 2.24) is 20.0 Å². The predicted molar refractivity (Wildman–Crippen MR) is 121 cm³/mol. The van der Waals surface area contributed by atoms with Gasteiger partial charge in [0.05, 0.1) is 12.2 Å². The number of likely N-dealkylation sites (N-methyl/N-ethyl adjacent to an activating group) is 1. The molecule has 5 nitrogen and oxygen atoms in total. The van der Waals surface area contributed by atoms with E-state index in [9.17, 15) is 4.79 Å². The van der Waals surface area contributed by atoms with Crippen LogP contribution in [0.25, 0.3) is 0 Å². The first-order chi connectivity index (χ1) is 14.5. The molecule has 1 heterocycles. The molecule has 0 aliphatic rings. The zero-order chi connectivity index (χ0) is 21.5. The third kappa shape index (κ3) is 4.97. The van der Waals surface area contributed by atoms with Gasteiger partial charge in [0.2, 0.25) is 5.91 Å². The number of hydrogen-bond acceptors (Lipinski definition) is 3. The van der Waals surface area contributed by atoms with Crippen molar-refractivity contribution in [3.05, 3.63) is 88.7 Å². The van der Waals surface area contributed by atoms with Gasteiger partial charge in [-0.2, -0.15) is 5.10 Å². The van der Waals surface area contributed by atoms with E-state index < -0.39 is 0 Å². The molecule has 3 rings (SSSR count). The Morgan fingerprint density at radius 2 is 1.60 bits per heavy atom. The summed E-state index contributed by atoms with van der Waals surface area (Å²) in [4.78, 5) is 15.4. The van der Waals surface area contributed by atoms with E-state index in [4.69, 9.17) is 5.10 Å². The molecule has 0 spiro atoms. The van der Waals surface area contributed by atoms with Crippen molar-refractivity contribution in [2.45, 2.75) is 46.8 Å². The second-order valence-electron chi connectivity index (χ2n) is 7.54. The van der Waals surface area contributed by atoms with Crippen LogP contribution in [0.15, 0.2) is 60.7 Å². The zero-order valence-corrected chi connectivity index (χ0v) is 18.4. The lowest BCUT2D eigenvalue weighted by atomic mass is 10.0. The number of nitrogens with zero attached hydrogens (tertiary/aromatic N) is 3. The van der Waals surface area contributed by atoms with E-state index >= 15 is 0 Å². The number of benzene rings is 2. The lowest BCUT2D eigenvalue weighted by Crippen LogP contribution is -2.40. The smallest absolute Gasteiger partial charge is 0.242 e. The Hall–Kier alpha value is -2.92. The molecule has 1 atom stereocenters. The summed E-state index contributed by atoms with van der Waals surface area (Å²) in [5.41, 5.74) is 5.38. The van der Waals surface area contributed by atoms with Crippen molar-refractivity contribution in [1.29, 1.82) is 0 Å². The number of rotatable bonds is 9. The third-order valence-electron chi connectivity index (χ3n) is 5.69. The highest BCUT2D eigenvalue weighted by atomic mass is 16.2. The molecule has 0 aliphatic carbocycles. The van der Waals surface area contributed by atoms with E-state index in [1.54, 1.807) is 0 Å². The molecular formula is C25H32N4O.